The van der Waals surface area contributed by atoms with Gasteiger partial charge in [0.05, 0.1) is 5.02 Å². The molecule has 3 N–H and O–H groups in total. The van der Waals surface area contributed by atoms with Crippen molar-refractivity contribution in [1.82, 2.24) is 4.98 Å². The van der Waals surface area contributed by atoms with Gasteiger partial charge in [-0.2, -0.15) is 0 Å². The zero-order valence-corrected chi connectivity index (χ0v) is 14.9. The Balaban J connectivity index is 2.18. The average Bonchev–Trinajstić information content (AvgIpc) is 2.97. The highest BCUT2D eigenvalue weighted by molar-refractivity contribution is 6.33. The first-order valence-corrected chi connectivity index (χ1v) is 8.65. The van der Waals surface area contributed by atoms with Crippen LogP contribution < -0.4 is 10.8 Å². The number of hydrogen-bond acceptors (Lipinski definition) is 6. The Bertz CT molecular complexity index is 919. The van der Waals surface area contributed by atoms with Gasteiger partial charge in [-0.3, -0.25) is 0 Å². The van der Waals surface area contributed by atoms with Crippen molar-refractivity contribution in [2.24, 2.45) is 21.8 Å². The Morgan fingerprint density at radius 3 is 2.38 bits per heavy atom. The predicted molar refractivity (Wildman–Crippen MR) is 93.3 cm³/mol. The normalized spacial score (nSPS) is 19.8. The second-order valence-electron chi connectivity index (χ2n) is 6.21. The Morgan fingerprint density at radius 1 is 1.15 bits per heavy atom. The van der Waals surface area contributed by atoms with E-state index in [1.54, 1.807) is 12.1 Å². The summed E-state index contributed by atoms with van der Waals surface area (Å²) in [6.45, 7) is 1.20. The zero-order valence-electron chi connectivity index (χ0n) is 14.1. The summed E-state index contributed by atoms with van der Waals surface area (Å²) in [7, 11) is 0. The number of hydrogen-bond donors (Lipinski definition) is 3. The molecule has 0 aliphatic carbocycles. The largest absolute Gasteiger partial charge is 0.396 e. The SMILES string of the molecule is CC[C@@H](C(CO)CO)C1(O)N=c2ncc(Cl)c(-c3ccc(F)cc3)c2=N1. The van der Waals surface area contributed by atoms with Gasteiger partial charge in [-0.15, -0.1) is 0 Å². The van der Waals surface area contributed by atoms with Crippen LogP contribution in [0.25, 0.3) is 11.1 Å². The summed E-state index contributed by atoms with van der Waals surface area (Å²) in [6, 6.07) is 5.73. The number of aliphatic hydroxyl groups excluding tert-OH is 2. The number of aromatic nitrogens is 1. The van der Waals surface area contributed by atoms with Gasteiger partial charge in [0, 0.05) is 36.8 Å². The summed E-state index contributed by atoms with van der Waals surface area (Å²) in [4.78, 5) is 12.7. The molecule has 8 heteroatoms. The van der Waals surface area contributed by atoms with E-state index in [0.717, 1.165) is 0 Å². The fourth-order valence-electron chi connectivity index (χ4n) is 3.29. The molecular formula is C18H19ClFN3O3. The van der Waals surface area contributed by atoms with Crippen LogP contribution in [-0.4, -0.2) is 39.4 Å². The Labute approximate surface area is 154 Å². The van der Waals surface area contributed by atoms with Gasteiger partial charge < -0.3 is 15.3 Å². The molecule has 6 nitrogen and oxygen atoms in total. The molecule has 1 aromatic carbocycles. The lowest BCUT2D eigenvalue weighted by molar-refractivity contribution is -0.0544. The lowest BCUT2D eigenvalue weighted by atomic mass is 9.86. The molecule has 0 saturated carbocycles. The second-order valence-corrected chi connectivity index (χ2v) is 6.62. The van der Waals surface area contributed by atoms with Crippen molar-refractivity contribution in [3.05, 3.63) is 52.1 Å². The molecule has 2 aromatic rings. The van der Waals surface area contributed by atoms with Gasteiger partial charge in [-0.25, -0.2) is 19.4 Å². The standard InChI is InChI=1S/C18H19ClFN3O3/c1-2-13(11(8-24)9-25)18(26)22-16-15(10-3-5-12(20)6-4-10)14(19)7-21-17(16)23-18/h3-7,11,13,24-26H,2,8-9H2,1H3/t13-,18?/m0/s1. The minimum atomic E-state index is -1.86. The van der Waals surface area contributed by atoms with Crippen molar-refractivity contribution in [3.63, 3.8) is 0 Å². The van der Waals surface area contributed by atoms with Crippen molar-refractivity contribution >= 4 is 11.6 Å². The Kier molecular flexibility index (Phi) is 5.34. The average molecular weight is 380 g/mol. The summed E-state index contributed by atoms with van der Waals surface area (Å²) in [6.07, 6.45) is 1.84. The van der Waals surface area contributed by atoms with Crippen LogP contribution in [0.2, 0.25) is 5.02 Å². The van der Waals surface area contributed by atoms with Crippen LogP contribution in [0.5, 0.6) is 0 Å². The molecule has 1 unspecified atom stereocenters. The molecule has 2 heterocycles. The smallest absolute Gasteiger partial charge is 0.260 e. The summed E-state index contributed by atoms with van der Waals surface area (Å²) in [5.41, 5.74) is 1.33. The quantitative estimate of drug-likeness (QED) is 0.699. The fourth-order valence-corrected chi connectivity index (χ4v) is 3.54. The number of rotatable bonds is 6. The molecule has 1 aliphatic rings. The van der Waals surface area contributed by atoms with E-state index in [9.17, 15) is 19.7 Å². The van der Waals surface area contributed by atoms with Gasteiger partial charge in [0.2, 0.25) is 0 Å². The van der Waals surface area contributed by atoms with Gasteiger partial charge >= 0.3 is 0 Å². The van der Waals surface area contributed by atoms with Gasteiger partial charge in [0.25, 0.3) is 5.85 Å². The van der Waals surface area contributed by atoms with Gasteiger partial charge in [0.1, 0.15) is 11.2 Å². The second kappa shape index (κ2) is 7.36. The van der Waals surface area contributed by atoms with Crippen LogP contribution in [0, 0.1) is 17.7 Å². The molecule has 0 radical (unpaired) electrons. The highest BCUT2D eigenvalue weighted by atomic mass is 35.5. The molecule has 1 aliphatic heterocycles. The fraction of sp³-hybridized carbons (Fsp3) is 0.389. The first-order chi connectivity index (χ1) is 12.4. The molecular weight excluding hydrogens is 361 g/mol. The highest BCUT2D eigenvalue weighted by Gasteiger charge is 2.42. The minimum absolute atomic E-state index is 0.212. The summed E-state index contributed by atoms with van der Waals surface area (Å²) in [5, 5.41) is 30.6. The first-order valence-electron chi connectivity index (χ1n) is 8.27. The third-order valence-electron chi connectivity index (χ3n) is 4.64. The van der Waals surface area contributed by atoms with Crippen LogP contribution in [0.4, 0.5) is 4.39 Å². The van der Waals surface area contributed by atoms with E-state index in [1.165, 1.54) is 18.3 Å². The van der Waals surface area contributed by atoms with Crippen molar-refractivity contribution in [2.45, 2.75) is 19.2 Å². The van der Waals surface area contributed by atoms with Crippen LogP contribution in [-0.2, 0) is 0 Å². The number of pyridine rings is 1. The Morgan fingerprint density at radius 2 is 1.81 bits per heavy atom. The number of aliphatic hydroxyl groups is 3. The maximum Gasteiger partial charge on any atom is 0.260 e. The molecule has 3 rings (SSSR count). The van der Waals surface area contributed by atoms with Crippen molar-refractivity contribution in [3.8, 4) is 11.1 Å². The highest BCUT2D eigenvalue weighted by Crippen LogP contribution is 2.32. The molecule has 0 saturated heterocycles. The minimum Gasteiger partial charge on any atom is -0.396 e. The van der Waals surface area contributed by atoms with Crippen molar-refractivity contribution in [2.75, 3.05) is 13.2 Å². The molecule has 1 aromatic heterocycles. The third-order valence-corrected chi connectivity index (χ3v) is 4.93. The topological polar surface area (TPSA) is 98.3 Å². The zero-order chi connectivity index (χ0) is 18.9. The molecule has 0 spiro atoms. The van der Waals surface area contributed by atoms with E-state index >= 15 is 0 Å². The summed E-state index contributed by atoms with van der Waals surface area (Å²) >= 11 is 6.29. The van der Waals surface area contributed by atoms with Crippen LogP contribution >= 0.6 is 11.6 Å². The number of halogens is 2. The molecule has 0 bridgehead atoms. The van der Waals surface area contributed by atoms with E-state index in [0.29, 0.717) is 27.9 Å². The molecule has 0 fully saturated rings. The lowest BCUT2D eigenvalue weighted by Gasteiger charge is -2.31. The van der Waals surface area contributed by atoms with Crippen LogP contribution in [0.1, 0.15) is 13.3 Å². The summed E-state index contributed by atoms with van der Waals surface area (Å²) in [5.74, 6) is -3.43. The third kappa shape index (κ3) is 3.23. The lowest BCUT2D eigenvalue weighted by Crippen LogP contribution is -2.40. The first kappa shape index (κ1) is 18.8. The Hall–Kier alpha value is -1.93. The maximum atomic E-state index is 13.2. The summed E-state index contributed by atoms with van der Waals surface area (Å²) < 4.78 is 13.2. The van der Waals surface area contributed by atoms with Crippen LogP contribution in [0.3, 0.4) is 0 Å². The van der Waals surface area contributed by atoms with Gasteiger partial charge in [-0.1, -0.05) is 30.7 Å². The predicted octanol–water partition coefficient (Wildman–Crippen LogP) is 1.07. The van der Waals surface area contributed by atoms with E-state index in [1.807, 2.05) is 6.92 Å². The van der Waals surface area contributed by atoms with E-state index in [4.69, 9.17) is 11.6 Å². The van der Waals surface area contributed by atoms with Crippen molar-refractivity contribution in [1.29, 1.82) is 0 Å². The molecule has 138 valence electrons. The van der Waals surface area contributed by atoms with Gasteiger partial charge in [0.15, 0.2) is 5.49 Å². The monoisotopic (exact) mass is 379 g/mol. The number of benzene rings is 1. The van der Waals surface area contributed by atoms with Crippen molar-refractivity contribution < 1.29 is 19.7 Å². The number of fused-ring (bicyclic) bond motifs is 1. The van der Waals surface area contributed by atoms with E-state index in [2.05, 4.69) is 15.0 Å². The van der Waals surface area contributed by atoms with Gasteiger partial charge in [-0.05, 0) is 24.1 Å². The molecule has 26 heavy (non-hydrogen) atoms. The van der Waals surface area contributed by atoms with E-state index < -0.39 is 17.7 Å². The maximum absolute atomic E-state index is 13.2. The molecule has 0 amide bonds. The number of nitrogens with zero attached hydrogens (tertiary/aromatic N) is 3. The van der Waals surface area contributed by atoms with E-state index in [-0.39, 0.29) is 24.5 Å². The molecule has 2 atom stereocenters. The van der Waals surface area contributed by atoms with Crippen LogP contribution in [0.15, 0.2) is 40.4 Å².